The van der Waals surface area contributed by atoms with E-state index in [1.165, 1.54) is 0 Å². The van der Waals surface area contributed by atoms with E-state index in [0.717, 1.165) is 5.56 Å². The van der Waals surface area contributed by atoms with E-state index < -0.39 is 23.1 Å². The van der Waals surface area contributed by atoms with Crippen LogP contribution in [0, 0.1) is 5.41 Å². The molecule has 7 heteroatoms. The molecule has 1 N–H and O–H groups in total. The summed E-state index contributed by atoms with van der Waals surface area (Å²) in [4.78, 5) is 25.7. The van der Waals surface area contributed by atoms with Gasteiger partial charge in [0.1, 0.15) is 5.60 Å². The summed E-state index contributed by atoms with van der Waals surface area (Å²) in [5.74, 6) is -0.859. The maximum atomic E-state index is 12.2. The maximum absolute atomic E-state index is 12.2. The van der Waals surface area contributed by atoms with Crippen molar-refractivity contribution in [1.82, 2.24) is 4.90 Å². The highest BCUT2D eigenvalue weighted by Gasteiger charge is 2.43. The number of hydrogen-bond acceptors (Lipinski definition) is 3. The lowest BCUT2D eigenvalue weighted by Gasteiger charge is -2.39. The molecular weight excluding hydrogens is 365 g/mol. The second-order valence-electron chi connectivity index (χ2n) is 7.48. The molecule has 1 saturated heterocycles. The van der Waals surface area contributed by atoms with Crippen LogP contribution in [0.1, 0.15) is 39.2 Å². The summed E-state index contributed by atoms with van der Waals surface area (Å²) in [7, 11) is 0. The summed E-state index contributed by atoms with van der Waals surface area (Å²) >= 11 is 12.0. The minimum atomic E-state index is -0.921. The number of carbonyl (C=O) groups is 2. The van der Waals surface area contributed by atoms with E-state index in [9.17, 15) is 14.7 Å². The first-order valence-electron chi connectivity index (χ1n) is 8.18. The van der Waals surface area contributed by atoms with Gasteiger partial charge in [0.05, 0.1) is 15.5 Å². The molecule has 0 spiro atoms. The van der Waals surface area contributed by atoms with Crippen LogP contribution in [-0.2, 0) is 16.0 Å². The molecule has 0 atom stereocenters. The van der Waals surface area contributed by atoms with Crippen LogP contribution in [0.3, 0.4) is 0 Å². The first-order chi connectivity index (χ1) is 11.5. The van der Waals surface area contributed by atoms with Crippen LogP contribution < -0.4 is 0 Å². The van der Waals surface area contributed by atoms with Crippen molar-refractivity contribution in [3.63, 3.8) is 0 Å². The van der Waals surface area contributed by atoms with Crippen molar-refractivity contribution in [2.24, 2.45) is 5.41 Å². The molecule has 1 aliphatic rings. The molecule has 1 aliphatic heterocycles. The fourth-order valence-corrected chi connectivity index (χ4v) is 3.27. The zero-order valence-electron chi connectivity index (χ0n) is 14.6. The second kappa shape index (κ2) is 7.42. The number of aliphatic carboxylic acids is 1. The number of halogens is 2. The normalized spacial score (nSPS) is 17.2. The highest BCUT2D eigenvalue weighted by molar-refractivity contribution is 6.42. The summed E-state index contributed by atoms with van der Waals surface area (Å²) in [5, 5.41) is 10.6. The molecule has 1 aromatic rings. The number of benzene rings is 1. The fraction of sp³-hybridized carbons (Fsp3) is 0.556. The predicted molar refractivity (Wildman–Crippen MR) is 97.3 cm³/mol. The Bertz CT molecular complexity index is 662. The SMILES string of the molecule is CC(C)(C)OC(=O)N1CCC(Cc2ccc(Cl)c(Cl)c2)(C(=O)O)CC1. The number of carboxylic acid groups (broad SMARTS) is 1. The first-order valence-corrected chi connectivity index (χ1v) is 8.93. The highest BCUT2D eigenvalue weighted by atomic mass is 35.5. The molecule has 25 heavy (non-hydrogen) atoms. The second-order valence-corrected chi connectivity index (χ2v) is 8.29. The molecular formula is C18H23Cl2NO4. The molecule has 0 unspecified atom stereocenters. The van der Waals surface area contributed by atoms with Crippen molar-refractivity contribution in [2.45, 2.75) is 45.6 Å². The Labute approximate surface area is 157 Å². The lowest BCUT2D eigenvalue weighted by Crippen LogP contribution is -2.48. The number of ether oxygens (including phenoxy) is 1. The quantitative estimate of drug-likeness (QED) is 0.819. The molecule has 0 radical (unpaired) electrons. The van der Waals surface area contributed by atoms with Gasteiger partial charge in [0, 0.05) is 13.1 Å². The van der Waals surface area contributed by atoms with Gasteiger partial charge < -0.3 is 14.7 Å². The van der Waals surface area contributed by atoms with Crippen LogP contribution in [0.4, 0.5) is 4.79 Å². The summed E-state index contributed by atoms with van der Waals surface area (Å²) < 4.78 is 5.36. The molecule has 2 rings (SSSR count). The zero-order valence-corrected chi connectivity index (χ0v) is 16.2. The molecule has 5 nitrogen and oxygen atoms in total. The average Bonchev–Trinajstić information content (AvgIpc) is 2.50. The van der Waals surface area contributed by atoms with Crippen molar-refractivity contribution >= 4 is 35.3 Å². The van der Waals surface area contributed by atoms with Gasteiger partial charge in [-0.3, -0.25) is 4.79 Å². The number of likely N-dealkylation sites (tertiary alicyclic amines) is 1. The molecule has 1 heterocycles. The topological polar surface area (TPSA) is 66.8 Å². The van der Waals surface area contributed by atoms with Gasteiger partial charge in [-0.1, -0.05) is 29.3 Å². The lowest BCUT2D eigenvalue weighted by molar-refractivity contribution is -0.152. The Morgan fingerprint density at radius 2 is 1.80 bits per heavy atom. The van der Waals surface area contributed by atoms with Crippen LogP contribution in [0.5, 0.6) is 0 Å². The van der Waals surface area contributed by atoms with Crippen LogP contribution in [0.25, 0.3) is 0 Å². The van der Waals surface area contributed by atoms with Crippen LogP contribution in [0.15, 0.2) is 18.2 Å². The van der Waals surface area contributed by atoms with E-state index in [0.29, 0.717) is 42.4 Å². The van der Waals surface area contributed by atoms with Crippen molar-refractivity contribution in [1.29, 1.82) is 0 Å². The molecule has 0 saturated carbocycles. The summed E-state index contributed by atoms with van der Waals surface area (Å²) in [6, 6.07) is 5.17. The first kappa shape index (κ1) is 19.9. The van der Waals surface area contributed by atoms with Crippen molar-refractivity contribution in [3.8, 4) is 0 Å². The Kier molecular flexibility index (Phi) is 5.89. The molecule has 0 aromatic heterocycles. The Hall–Kier alpha value is -1.46. The molecule has 0 bridgehead atoms. The number of nitrogens with zero attached hydrogens (tertiary/aromatic N) is 1. The smallest absolute Gasteiger partial charge is 0.410 e. The van der Waals surface area contributed by atoms with Gasteiger partial charge in [-0.2, -0.15) is 0 Å². The van der Waals surface area contributed by atoms with Gasteiger partial charge in [0.25, 0.3) is 0 Å². The van der Waals surface area contributed by atoms with E-state index in [1.807, 2.05) is 0 Å². The van der Waals surface area contributed by atoms with Gasteiger partial charge in [0.2, 0.25) is 0 Å². The molecule has 0 aliphatic carbocycles. The van der Waals surface area contributed by atoms with Crippen LogP contribution in [-0.4, -0.2) is 40.8 Å². The minimum absolute atomic E-state index is 0.349. The van der Waals surface area contributed by atoms with E-state index in [-0.39, 0.29) is 0 Å². The van der Waals surface area contributed by atoms with Gasteiger partial charge in [-0.15, -0.1) is 0 Å². The Balaban J connectivity index is 2.09. The van der Waals surface area contributed by atoms with Gasteiger partial charge in [-0.25, -0.2) is 4.79 Å². The molecule has 1 amide bonds. The molecule has 1 fully saturated rings. The summed E-state index contributed by atoms with van der Waals surface area (Å²) in [5.41, 5.74) is -0.670. The van der Waals surface area contributed by atoms with Crippen molar-refractivity contribution in [3.05, 3.63) is 33.8 Å². The van der Waals surface area contributed by atoms with Crippen molar-refractivity contribution in [2.75, 3.05) is 13.1 Å². The largest absolute Gasteiger partial charge is 0.481 e. The van der Waals surface area contributed by atoms with E-state index in [2.05, 4.69) is 0 Å². The highest BCUT2D eigenvalue weighted by Crippen LogP contribution is 2.37. The van der Waals surface area contributed by atoms with E-state index in [1.54, 1.807) is 43.9 Å². The van der Waals surface area contributed by atoms with E-state index >= 15 is 0 Å². The van der Waals surface area contributed by atoms with Crippen LogP contribution >= 0.6 is 23.2 Å². The molecule has 1 aromatic carbocycles. The number of rotatable bonds is 3. The third kappa shape index (κ3) is 5.02. The number of amides is 1. The number of carbonyl (C=O) groups excluding carboxylic acids is 1. The fourth-order valence-electron chi connectivity index (χ4n) is 2.95. The summed E-state index contributed by atoms with van der Waals surface area (Å²) in [6.45, 7) is 6.12. The number of hydrogen-bond donors (Lipinski definition) is 1. The van der Waals surface area contributed by atoms with Gasteiger partial charge in [-0.05, 0) is 57.7 Å². The number of piperidine rings is 1. The third-order valence-corrected chi connectivity index (χ3v) is 5.09. The van der Waals surface area contributed by atoms with Crippen LogP contribution in [0.2, 0.25) is 10.0 Å². The summed E-state index contributed by atoms with van der Waals surface area (Å²) in [6.07, 6.45) is 0.673. The zero-order chi connectivity index (χ0) is 18.8. The number of carboxylic acids is 1. The minimum Gasteiger partial charge on any atom is -0.481 e. The lowest BCUT2D eigenvalue weighted by atomic mass is 9.74. The Morgan fingerprint density at radius 3 is 2.28 bits per heavy atom. The Morgan fingerprint density at radius 1 is 1.20 bits per heavy atom. The maximum Gasteiger partial charge on any atom is 0.410 e. The third-order valence-electron chi connectivity index (χ3n) is 4.35. The average molecular weight is 388 g/mol. The predicted octanol–water partition coefficient (Wildman–Crippen LogP) is 4.64. The van der Waals surface area contributed by atoms with Crippen molar-refractivity contribution < 1.29 is 19.4 Å². The van der Waals surface area contributed by atoms with Gasteiger partial charge >= 0.3 is 12.1 Å². The molecule has 138 valence electrons. The van der Waals surface area contributed by atoms with E-state index in [4.69, 9.17) is 27.9 Å². The monoisotopic (exact) mass is 387 g/mol. The van der Waals surface area contributed by atoms with Gasteiger partial charge in [0.15, 0.2) is 0 Å². The standard InChI is InChI=1S/C18H23Cl2NO4/c1-17(2,3)25-16(24)21-8-6-18(7-9-21,15(22)23)11-12-4-5-13(19)14(20)10-12/h4-5,10H,6-9,11H2,1-3H3,(H,22,23).